The van der Waals surface area contributed by atoms with Gasteiger partial charge in [-0.3, -0.25) is 9.98 Å². The molecule has 6 heteroatoms. The van der Waals surface area contributed by atoms with Gasteiger partial charge in [-0.1, -0.05) is 36.4 Å². The number of aromatic nitrogens is 1. The third-order valence-electron chi connectivity index (χ3n) is 3.82. The summed E-state index contributed by atoms with van der Waals surface area (Å²) < 4.78 is 5.70. The van der Waals surface area contributed by atoms with Crippen molar-refractivity contribution in [1.82, 2.24) is 15.6 Å². The lowest BCUT2D eigenvalue weighted by atomic mass is 10.2. The lowest BCUT2D eigenvalue weighted by molar-refractivity contribution is 0.117. The molecule has 0 amide bonds. The predicted molar refractivity (Wildman–Crippen MR) is 123 cm³/mol. The third-order valence-corrected chi connectivity index (χ3v) is 3.82. The van der Waals surface area contributed by atoms with Gasteiger partial charge in [0.25, 0.3) is 0 Å². The second-order valence-electron chi connectivity index (χ2n) is 6.00. The number of halogens is 1. The lowest BCUT2D eigenvalue weighted by Gasteiger charge is -2.11. The van der Waals surface area contributed by atoms with Gasteiger partial charge in [-0.25, -0.2) is 0 Å². The van der Waals surface area contributed by atoms with Gasteiger partial charge in [0, 0.05) is 44.6 Å². The molecule has 148 valence electrons. The van der Waals surface area contributed by atoms with Crippen LogP contribution in [0.2, 0.25) is 0 Å². The minimum Gasteiger partial charge on any atom is -0.377 e. The molecule has 0 radical (unpaired) electrons. The van der Waals surface area contributed by atoms with Gasteiger partial charge in [-0.2, -0.15) is 0 Å². The van der Waals surface area contributed by atoms with Gasteiger partial charge < -0.3 is 15.4 Å². The van der Waals surface area contributed by atoms with Crippen LogP contribution in [0.5, 0.6) is 0 Å². The molecule has 27 heavy (non-hydrogen) atoms. The molecule has 0 aliphatic rings. The highest BCUT2D eigenvalue weighted by atomic mass is 127. The average molecular weight is 482 g/mol. The second kappa shape index (κ2) is 15.4. The molecule has 2 aromatic rings. The fourth-order valence-electron chi connectivity index (χ4n) is 2.47. The van der Waals surface area contributed by atoms with E-state index >= 15 is 0 Å². The molecule has 0 aliphatic heterocycles. The number of nitrogens with one attached hydrogen (secondary N) is 2. The van der Waals surface area contributed by atoms with E-state index in [2.05, 4.69) is 39.7 Å². The molecule has 1 aromatic carbocycles. The van der Waals surface area contributed by atoms with Crippen LogP contribution in [0, 0.1) is 0 Å². The number of rotatable bonds is 11. The van der Waals surface area contributed by atoms with E-state index in [1.54, 1.807) is 0 Å². The summed E-state index contributed by atoms with van der Waals surface area (Å²) in [5, 5.41) is 6.64. The fourth-order valence-corrected chi connectivity index (χ4v) is 2.47. The maximum atomic E-state index is 5.70. The first kappa shape index (κ1) is 23.4. The van der Waals surface area contributed by atoms with Gasteiger partial charge in [0.05, 0.1) is 6.61 Å². The average Bonchev–Trinajstić information content (AvgIpc) is 2.69. The normalized spacial score (nSPS) is 10.9. The Hall–Kier alpha value is -1.67. The number of hydrogen-bond donors (Lipinski definition) is 2. The van der Waals surface area contributed by atoms with Gasteiger partial charge in [0.2, 0.25) is 0 Å². The van der Waals surface area contributed by atoms with Crippen molar-refractivity contribution < 1.29 is 4.74 Å². The van der Waals surface area contributed by atoms with Crippen LogP contribution in [0.3, 0.4) is 0 Å². The van der Waals surface area contributed by atoms with Gasteiger partial charge in [0.15, 0.2) is 5.96 Å². The Labute approximate surface area is 180 Å². The summed E-state index contributed by atoms with van der Waals surface area (Å²) in [6.07, 6.45) is 4.75. The van der Waals surface area contributed by atoms with E-state index in [4.69, 9.17) is 4.74 Å². The van der Waals surface area contributed by atoms with E-state index in [0.717, 1.165) is 57.2 Å². The van der Waals surface area contributed by atoms with Crippen LogP contribution in [-0.2, 0) is 17.8 Å². The molecule has 0 unspecified atom stereocenters. The van der Waals surface area contributed by atoms with Crippen LogP contribution in [0.1, 0.15) is 31.0 Å². The van der Waals surface area contributed by atoms with E-state index < -0.39 is 0 Å². The highest BCUT2D eigenvalue weighted by Crippen LogP contribution is 2.01. The largest absolute Gasteiger partial charge is 0.377 e. The minimum atomic E-state index is 0. The van der Waals surface area contributed by atoms with Gasteiger partial charge >= 0.3 is 0 Å². The molecule has 1 heterocycles. The first-order valence-electron chi connectivity index (χ1n) is 9.42. The van der Waals surface area contributed by atoms with Crippen LogP contribution < -0.4 is 10.6 Å². The molecule has 0 atom stereocenters. The van der Waals surface area contributed by atoms with Crippen LogP contribution >= 0.6 is 24.0 Å². The van der Waals surface area contributed by atoms with Crippen molar-refractivity contribution in [2.75, 3.05) is 26.2 Å². The molecule has 0 aliphatic carbocycles. The van der Waals surface area contributed by atoms with E-state index in [0.29, 0.717) is 6.61 Å². The molecular weight excluding hydrogens is 451 g/mol. The SMILES string of the molecule is CCNC(=NCCCCOCc1ccccc1)NCCc1ccccn1.I. The number of aliphatic imine (C=N–C) groups is 1. The number of hydrogen-bond acceptors (Lipinski definition) is 3. The Morgan fingerprint density at radius 3 is 2.59 bits per heavy atom. The quantitative estimate of drug-likeness (QED) is 0.222. The zero-order valence-corrected chi connectivity index (χ0v) is 18.4. The summed E-state index contributed by atoms with van der Waals surface area (Å²) in [6, 6.07) is 16.3. The van der Waals surface area contributed by atoms with Gasteiger partial charge in [-0.15, -0.1) is 24.0 Å². The molecule has 0 saturated heterocycles. The molecule has 0 fully saturated rings. The standard InChI is InChI=1S/C21H30N4O.HI/c1-2-22-21(25-16-13-20-12-6-7-14-23-20)24-15-8-9-17-26-18-19-10-4-3-5-11-19;/h3-7,10-12,14H,2,8-9,13,15-18H2,1H3,(H2,22,24,25);1H. The Bertz CT molecular complexity index is 623. The van der Waals surface area contributed by atoms with Crippen molar-refractivity contribution >= 4 is 29.9 Å². The molecule has 0 bridgehead atoms. The van der Waals surface area contributed by atoms with Crippen LogP contribution in [-0.4, -0.2) is 37.2 Å². The Morgan fingerprint density at radius 1 is 1.04 bits per heavy atom. The number of nitrogens with zero attached hydrogens (tertiary/aromatic N) is 2. The van der Waals surface area contributed by atoms with Crippen LogP contribution in [0.25, 0.3) is 0 Å². The summed E-state index contributed by atoms with van der Waals surface area (Å²) in [5.74, 6) is 0.869. The summed E-state index contributed by atoms with van der Waals surface area (Å²) >= 11 is 0. The Kier molecular flexibility index (Phi) is 13.3. The Balaban J connectivity index is 0.00000364. The monoisotopic (exact) mass is 482 g/mol. The molecule has 1 aromatic heterocycles. The topological polar surface area (TPSA) is 58.5 Å². The third kappa shape index (κ3) is 10.9. The molecular formula is C21H31IN4O. The summed E-state index contributed by atoms with van der Waals surface area (Å²) in [6.45, 7) is 6.01. The highest BCUT2D eigenvalue weighted by Gasteiger charge is 1.98. The number of ether oxygens (including phenoxy) is 1. The zero-order valence-electron chi connectivity index (χ0n) is 16.1. The zero-order chi connectivity index (χ0) is 18.3. The molecule has 0 saturated carbocycles. The maximum Gasteiger partial charge on any atom is 0.191 e. The second-order valence-corrected chi connectivity index (χ2v) is 6.00. The van der Waals surface area contributed by atoms with Crippen molar-refractivity contribution in [3.05, 3.63) is 66.0 Å². The highest BCUT2D eigenvalue weighted by molar-refractivity contribution is 14.0. The molecule has 2 N–H and O–H groups in total. The van der Waals surface area contributed by atoms with E-state index in [9.17, 15) is 0 Å². The molecule has 5 nitrogen and oxygen atoms in total. The number of unbranched alkanes of at least 4 members (excludes halogenated alkanes) is 1. The van der Waals surface area contributed by atoms with E-state index in [-0.39, 0.29) is 24.0 Å². The first-order valence-corrected chi connectivity index (χ1v) is 9.42. The van der Waals surface area contributed by atoms with Crippen molar-refractivity contribution in [3.63, 3.8) is 0 Å². The summed E-state index contributed by atoms with van der Waals surface area (Å²) in [5.41, 5.74) is 2.31. The smallest absolute Gasteiger partial charge is 0.191 e. The maximum absolute atomic E-state index is 5.70. The number of benzene rings is 1. The van der Waals surface area contributed by atoms with Gasteiger partial charge in [0.1, 0.15) is 0 Å². The molecule has 0 spiro atoms. The van der Waals surface area contributed by atoms with Crippen molar-refractivity contribution in [3.8, 4) is 0 Å². The summed E-state index contributed by atoms with van der Waals surface area (Å²) in [7, 11) is 0. The van der Waals surface area contributed by atoms with E-state index in [1.165, 1.54) is 5.56 Å². The van der Waals surface area contributed by atoms with Crippen molar-refractivity contribution in [2.45, 2.75) is 32.8 Å². The summed E-state index contributed by atoms with van der Waals surface area (Å²) in [4.78, 5) is 8.95. The fraction of sp³-hybridized carbons (Fsp3) is 0.429. The molecule has 2 rings (SSSR count). The van der Waals surface area contributed by atoms with E-state index in [1.807, 2.05) is 42.6 Å². The van der Waals surface area contributed by atoms with Crippen molar-refractivity contribution in [1.29, 1.82) is 0 Å². The van der Waals surface area contributed by atoms with Crippen molar-refractivity contribution in [2.24, 2.45) is 4.99 Å². The predicted octanol–water partition coefficient (Wildman–Crippen LogP) is 3.79. The van der Waals surface area contributed by atoms with Gasteiger partial charge in [-0.05, 0) is 37.5 Å². The Morgan fingerprint density at radius 2 is 1.85 bits per heavy atom. The van der Waals surface area contributed by atoms with Crippen LogP contribution in [0.15, 0.2) is 59.7 Å². The number of pyridine rings is 1. The lowest BCUT2D eigenvalue weighted by Crippen LogP contribution is -2.38. The minimum absolute atomic E-state index is 0. The number of guanidine groups is 1. The first-order chi connectivity index (χ1) is 12.9. The van der Waals surface area contributed by atoms with Crippen LogP contribution in [0.4, 0.5) is 0 Å².